The molecule has 1 atom stereocenters. The van der Waals surface area contributed by atoms with Crippen molar-refractivity contribution in [3.8, 4) is 44.5 Å². The van der Waals surface area contributed by atoms with Crippen molar-refractivity contribution >= 4 is 17.1 Å². The first-order valence-electron chi connectivity index (χ1n) is 20.8. The van der Waals surface area contributed by atoms with E-state index in [1.54, 1.807) is 0 Å². The van der Waals surface area contributed by atoms with Crippen LogP contribution in [0.5, 0.6) is 0 Å². The number of rotatable bonds is 7. The van der Waals surface area contributed by atoms with Crippen LogP contribution in [-0.2, 0) is 5.41 Å². The Balaban J connectivity index is 1.17. The van der Waals surface area contributed by atoms with Crippen molar-refractivity contribution in [3.05, 3.63) is 257 Å². The summed E-state index contributed by atoms with van der Waals surface area (Å²) in [6.45, 7) is 4.57. The molecular weight excluding hydrogens is 711 g/mol. The van der Waals surface area contributed by atoms with Gasteiger partial charge in [0.15, 0.2) is 0 Å². The maximum Gasteiger partial charge on any atom is 0.0726 e. The number of benzene rings is 9. The van der Waals surface area contributed by atoms with E-state index in [0.29, 0.717) is 0 Å². The summed E-state index contributed by atoms with van der Waals surface area (Å²) >= 11 is 0. The molecule has 59 heavy (non-hydrogen) atoms. The van der Waals surface area contributed by atoms with E-state index in [1.807, 2.05) is 0 Å². The minimum absolute atomic E-state index is 0.160. The molecule has 2 aliphatic rings. The van der Waals surface area contributed by atoms with Crippen LogP contribution < -0.4 is 4.90 Å². The molecule has 280 valence electrons. The van der Waals surface area contributed by atoms with E-state index in [2.05, 4.69) is 237 Å². The molecule has 9 aromatic carbocycles. The molecule has 1 nitrogen and oxygen atoms in total. The second-order valence-electron chi connectivity index (χ2n) is 16.1. The van der Waals surface area contributed by atoms with Gasteiger partial charge in [0.2, 0.25) is 0 Å². The zero-order valence-electron chi connectivity index (χ0n) is 33.3. The molecule has 0 radical (unpaired) electrons. The van der Waals surface area contributed by atoms with Gasteiger partial charge in [-0.1, -0.05) is 189 Å². The summed E-state index contributed by atoms with van der Waals surface area (Å²) < 4.78 is 0. The minimum Gasteiger partial charge on any atom is -0.310 e. The summed E-state index contributed by atoms with van der Waals surface area (Å²) in [6.07, 6.45) is 0. The molecule has 0 amide bonds. The maximum absolute atomic E-state index is 2.50. The van der Waals surface area contributed by atoms with Crippen molar-refractivity contribution in [1.82, 2.24) is 0 Å². The van der Waals surface area contributed by atoms with Gasteiger partial charge >= 0.3 is 0 Å². The van der Waals surface area contributed by atoms with E-state index in [1.165, 1.54) is 83.5 Å². The molecule has 0 saturated heterocycles. The topological polar surface area (TPSA) is 3.24 Å². The van der Waals surface area contributed by atoms with Crippen molar-refractivity contribution in [2.24, 2.45) is 0 Å². The molecule has 1 unspecified atom stereocenters. The fraction of sp³-hybridized carbons (Fsp3) is 0.0690. The van der Waals surface area contributed by atoms with E-state index < -0.39 is 5.41 Å². The molecule has 1 heteroatoms. The van der Waals surface area contributed by atoms with Crippen LogP contribution in [0.1, 0.15) is 51.8 Å². The van der Waals surface area contributed by atoms with Crippen LogP contribution in [0.15, 0.2) is 218 Å². The lowest BCUT2D eigenvalue weighted by atomic mass is 9.70. The Labute approximate surface area is 347 Å². The number of hydrogen-bond acceptors (Lipinski definition) is 1. The first kappa shape index (κ1) is 35.0. The van der Waals surface area contributed by atoms with E-state index in [-0.39, 0.29) is 5.92 Å². The zero-order valence-corrected chi connectivity index (χ0v) is 33.3. The van der Waals surface area contributed by atoms with Crippen molar-refractivity contribution in [1.29, 1.82) is 0 Å². The van der Waals surface area contributed by atoms with E-state index in [0.717, 1.165) is 17.1 Å². The molecule has 0 N–H and O–H groups in total. The average Bonchev–Trinajstić information content (AvgIpc) is 3.77. The summed E-state index contributed by atoms with van der Waals surface area (Å²) in [7, 11) is 0. The molecule has 0 fully saturated rings. The Morgan fingerprint density at radius 2 is 0.831 bits per heavy atom. The molecule has 2 aliphatic carbocycles. The molecule has 0 aliphatic heterocycles. The third kappa shape index (κ3) is 5.46. The highest BCUT2D eigenvalue weighted by atomic mass is 15.1. The van der Waals surface area contributed by atoms with Crippen LogP contribution in [0.3, 0.4) is 0 Å². The molecule has 0 heterocycles. The van der Waals surface area contributed by atoms with E-state index in [4.69, 9.17) is 0 Å². The van der Waals surface area contributed by atoms with E-state index >= 15 is 0 Å². The summed E-state index contributed by atoms with van der Waals surface area (Å²) in [5.41, 5.74) is 22.3. The van der Waals surface area contributed by atoms with Gasteiger partial charge in [-0.25, -0.2) is 0 Å². The van der Waals surface area contributed by atoms with Crippen LogP contribution >= 0.6 is 0 Å². The third-order valence-electron chi connectivity index (χ3n) is 12.9. The lowest BCUT2D eigenvalue weighted by Gasteiger charge is -2.32. The predicted molar refractivity (Wildman–Crippen MR) is 247 cm³/mol. The first-order chi connectivity index (χ1) is 29.1. The number of fused-ring (bicyclic) bond motifs is 10. The van der Waals surface area contributed by atoms with Gasteiger partial charge < -0.3 is 4.90 Å². The largest absolute Gasteiger partial charge is 0.310 e. The van der Waals surface area contributed by atoms with Gasteiger partial charge in [-0.2, -0.15) is 0 Å². The van der Waals surface area contributed by atoms with Crippen molar-refractivity contribution in [3.63, 3.8) is 0 Å². The number of aryl methyl sites for hydroxylation is 1. The van der Waals surface area contributed by atoms with Gasteiger partial charge in [0.1, 0.15) is 0 Å². The Morgan fingerprint density at radius 1 is 0.356 bits per heavy atom. The fourth-order valence-corrected chi connectivity index (χ4v) is 10.2. The normalized spacial score (nSPS) is 13.3. The highest BCUT2D eigenvalue weighted by Crippen LogP contribution is 2.63. The number of hydrogen-bond donors (Lipinski definition) is 0. The Morgan fingerprint density at radius 3 is 1.46 bits per heavy atom. The lowest BCUT2D eigenvalue weighted by Crippen LogP contribution is -2.26. The molecule has 0 aromatic heterocycles. The molecule has 1 spiro atoms. The third-order valence-corrected chi connectivity index (χ3v) is 12.9. The van der Waals surface area contributed by atoms with Gasteiger partial charge in [-0.3, -0.25) is 0 Å². The van der Waals surface area contributed by atoms with Crippen molar-refractivity contribution < 1.29 is 0 Å². The van der Waals surface area contributed by atoms with Gasteiger partial charge in [0.25, 0.3) is 0 Å². The van der Waals surface area contributed by atoms with Gasteiger partial charge in [-0.05, 0) is 127 Å². The summed E-state index contributed by atoms with van der Waals surface area (Å²) in [5.74, 6) is 0.160. The first-order valence-corrected chi connectivity index (χ1v) is 20.8. The molecular formula is C58H43N. The average molecular weight is 754 g/mol. The summed E-state index contributed by atoms with van der Waals surface area (Å²) in [6, 6.07) is 81.0. The van der Waals surface area contributed by atoms with Crippen LogP contribution in [-0.4, -0.2) is 0 Å². The maximum atomic E-state index is 2.50. The fourth-order valence-electron chi connectivity index (χ4n) is 10.2. The van der Waals surface area contributed by atoms with Crippen LogP contribution in [0.4, 0.5) is 17.1 Å². The molecule has 11 rings (SSSR count). The monoisotopic (exact) mass is 753 g/mol. The van der Waals surface area contributed by atoms with Gasteiger partial charge in [0, 0.05) is 23.0 Å². The second kappa shape index (κ2) is 14.0. The Hall–Kier alpha value is -7.22. The second-order valence-corrected chi connectivity index (χ2v) is 16.1. The predicted octanol–water partition coefficient (Wildman–Crippen LogP) is 15.3. The Kier molecular flexibility index (Phi) is 8.31. The minimum atomic E-state index is -0.436. The van der Waals surface area contributed by atoms with Crippen LogP contribution in [0, 0.1) is 6.92 Å². The smallest absolute Gasteiger partial charge is 0.0726 e. The van der Waals surface area contributed by atoms with E-state index in [9.17, 15) is 0 Å². The van der Waals surface area contributed by atoms with Crippen molar-refractivity contribution in [2.75, 3.05) is 4.90 Å². The highest BCUT2D eigenvalue weighted by Gasteiger charge is 2.51. The van der Waals surface area contributed by atoms with Gasteiger partial charge in [-0.15, -0.1) is 0 Å². The summed E-state index contributed by atoms with van der Waals surface area (Å²) in [5, 5.41) is 0. The molecule has 9 aromatic rings. The molecule has 0 bridgehead atoms. The van der Waals surface area contributed by atoms with Crippen LogP contribution in [0.25, 0.3) is 44.5 Å². The SMILES string of the molecule is Cc1ccccc1-c1ccc(N(c2cccc(-c3ccccc3)c2)c2ccc3c(c2)C2(c4ccccc4-c4ccccc42)c2ccccc2-3)cc1C(C)c1ccccc1. The summed E-state index contributed by atoms with van der Waals surface area (Å²) in [4.78, 5) is 2.49. The molecule has 0 saturated carbocycles. The van der Waals surface area contributed by atoms with Gasteiger partial charge in [0.05, 0.1) is 5.41 Å². The number of anilines is 3. The lowest BCUT2D eigenvalue weighted by molar-refractivity contribution is 0.793. The zero-order chi connectivity index (χ0) is 39.5. The highest BCUT2D eigenvalue weighted by molar-refractivity contribution is 5.96. The standard InChI is InChI=1S/C58H43N/c1-39-18-9-10-25-47(39)48-34-32-45(37-53(48)40(2)41-19-5-3-6-20-41)59(44-24-17-23-43(36-44)42-21-7-4-8-22-42)46-33-35-52-51-28-13-16-31-56(51)58(57(52)38-46)54-29-14-11-26-49(54)50-27-12-15-30-55(50)58/h3-38,40H,1-2H3. The number of nitrogens with zero attached hydrogens (tertiary/aromatic N) is 1. The van der Waals surface area contributed by atoms with Crippen molar-refractivity contribution in [2.45, 2.75) is 25.2 Å². The van der Waals surface area contributed by atoms with Crippen LogP contribution in [0.2, 0.25) is 0 Å². The quantitative estimate of drug-likeness (QED) is 0.157. The Bertz CT molecular complexity index is 2970.